The molecule has 120 valence electrons. The topological polar surface area (TPSA) is 73.9 Å². The number of rotatable bonds is 6. The fraction of sp³-hybridized carbons (Fsp3) is 0.176. The molecular weight excluding hydrogens is 298 g/mol. The third-order valence-electron chi connectivity index (χ3n) is 3.01. The SMILES string of the molecule is COC(=O)c1cccc(OCC(=O)Nc2ccccc2OC)c1. The Balaban J connectivity index is 1.95. The van der Waals surface area contributed by atoms with Crippen LogP contribution >= 0.6 is 0 Å². The number of hydrogen-bond acceptors (Lipinski definition) is 5. The van der Waals surface area contributed by atoms with Crippen LogP contribution in [0.25, 0.3) is 0 Å². The fourth-order valence-electron chi connectivity index (χ4n) is 1.91. The number of ether oxygens (including phenoxy) is 3. The number of carbonyl (C=O) groups is 2. The van der Waals surface area contributed by atoms with Crippen LogP contribution in [0, 0.1) is 0 Å². The number of methoxy groups -OCH3 is 2. The van der Waals surface area contributed by atoms with Gasteiger partial charge in [0, 0.05) is 0 Å². The molecule has 0 aromatic heterocycles. The van der Waals surface area contributed by atoms with Crippen molar-refractivity contribution in [1.82, 2.24) is 0 Å². The second kappa shape index (κ2) is 7.84. The van der Waals surface area contributed by atoms with Gasteiger partial charge >= 0.3 is 5.97 Å². The molecule has 0 spiro atoms. The van der Waals surface area contributed by atoms with Crippen molar-refractivity contribution in [3.63, 3.8) is 0 Å². The third-order valence-corrected chi connectivity index (χ3v) is 3.01. The Morgan fingerprint density at radius 1 is 1.04 bits per heavy atom. The van der Waals surface area contributed by atoms with Crippen LogP contribution in [0.5, 0.6) is 11.5 Å². The van der Waals surface area contributed by atoms with Crippen LogP contribution in [0.1, 0.15) is 10.4 Å². The minimum atomic E-state index is -0.464. The number of amides is 1. The zero-order valence-corrected chi connectivity index (χ0v) is 12.9. The molecule has 0 atom stereocenters. The summed E-state index contributed by atoms with van der Waals surface area (Å²) in [5.74, 6) is 0.170. The Hall–Kier alpha value is -3.02. The smallest absolute Gasteiger partial charge is 0.337 e. The van der Waals surface area contributed by atoms with E-state index < -0.39 is 5.97 Å². The number of benzene rings is 2. The molecule has 0 bridgehead atoms. The predicted octanol–water partition coefficient (Wildman–Crippen LogP) is 2.50. The van der Waals surface area contributed by atoms with E-state index in [0.717, 1.165) is 0 Å². The third kappa shape index (κ3) is 4.47. The van der Waals surface area contributed by atoms with E-state index in [-0.39, 0.29) is 12.5 Å². The molecule has 0 saturated heterocycles. The Morgan fingerprint density at radius 2 is 1.83 bits per heavy atom. The number of hydrogen-bond donors (Lipinski definition) is 1. The summed E-state index contributed by atoms with van der Waals surface area (Å²) in [6, 6.07) is 13.5. The van der Waals surface area contributed by atoms with E-state index in [0.29, 0.717) is 22.7 Å². The summed E-state index contributed by atoms with van der Waals surface area (Å²) in [5.41, 5.74) is 0.919. The lowest BCUT2D eigenvalue weighted by molar-refractivity contribution is -0.118. The molecule has 0 aliphatic rings. The molecule has 0 unspecified atom stereocenters. The molecule has 0 saturated carbocycles. The van der Waals surface area contributed by atoms with Gasteiger partial charge in [0.25, 0.3) is 5.91 Å². The molecular formula is C17H17NO5. The highest BCUT2D eigenvalue weighted by Gasteiger charge is 2.09. The standard InChI is InChI=1S/C17H17NO5/c1-21-15-9-4-3-8-14(15)18-16(19)11-23-13-7-5-6-12(10-13)17(20)22-2/h3-10H,11H2,1-2H3,(H,18,19). The molecule has 1 N–H and O–H groups in total. The zero-order valence-electron chi connectivity index (χ0n) is 12.9. The highest BCUT2D eigenvalue weighted by molar-refractivity contribution is 5.93. The van der Waals surface area contributed by atoms with Gasteiger partial charge in [-0.1, -0.05) is 18.2 Å². The fourth-order valence-corrected chi connectivity index (χ4v) is 1.91. The second-order valence-corrected chi connectivity index (χ2v) is 4.56. The first-order valence-electron chi connectivity index (χ1n) is 6.88. The van der Waals surface area contributed by atoms with E-state index >= 15 is 0 Å². The first-order valence-corrected chi connectivity index (χ1v) is 6.88. The number of nitrogens with one attached hydrogen (secondary N) is 1. The summed E-state index contributed by atoms with van der Waals surface area (Å²) < 4.78 is 15.2. The summed E-state index contributed by atoms with van der Waals surface area (Å²) >= 11 is 0. The van der Waals surface area contributed by atoms with Gasteiger partial charge < -0.3 is 19.5 Å². The lowest BCUT2D eigenvalue weighted by Gasteiger charge is -2.11. The van der Waals surface area contributed by atoms with Crippen molar-refractivity contribution in [2.75, 3.05) is 26.1 Å². The van der Waals surface area contributed by atoms with Crippen LogP contribution in [0.15, 0.2) is 48.5 Å². The van der Waals surface area contributed by atoms with Crippen LogP contribution in [-0.4, -0.2) is 32.7 Å². The van der Waals surface area contributed by atoms with E-state index in [1.807, 2.05) is 6.07 Å². The maximum Gasteiger partial charge on any atom is 0.337 e. The van der Waals surface area contributed by atoms with Gasteiger partial charge in [0.05, 0.1) is 25.5 Å². The maximum absolute atomic E-state index is 11.9. The lowest BCUT2D eigenvalue weighted by Crippen LogP contribution is -2.20. The molecule has 0 radical (unpaired) electrons. The number of anilines is 1. The monoisotopic (exact) mass is 315 g/mol. The van der Waals surface area contributed by atoms with Crippen molar-refractivity contribution < 1.29 is 23.8 Å². The zero-order chi connectivity index (χ0) is 16.7. The lowest BCUT2D eigenvalue weighted by atomic mass is 10.2. The van der Waals surface area contributed by atoms with Gasteiger partial charge in [-0.05, 0) is 30.3 Å². The number of esters is 1. The molecule has 2 aromatic carbocycles. The van der Waals surface area contributed by atoms with Crippen molar-refractivity contribution in [3.05, 3.63) is 54.1 Å². The summed E-state index contributed by atoms with van der Waals surface area (Å²) in [4.78, 5) is 23.4. The van der Waals surface area contributed by atoms with Gasteiger partial charge in [-0.2, -0.15) is 0 Å². The average molecular weight is 315 g/mol. The Bertz CT molecular complexity index is 699. The van der Waals surface area contributed by atoms with Gasteiger partial charge in [0.2, 0.25) is 0 Å². The second-order valence-electron chi connectivity index (χ2n) is 4.56. The first-order chi connectivity index (χ1) is 11.1. The average Bonchev–Trinajstić information content (AvgIpc) is 2.60. The predicted molar refractivity (Wildman–Crippen MR) is 84.9 cm³/mol. The van der Waals surface area contributed by atoms with Crippen molar-refractivity contribution in [1.29, 1.82) is 0 Å². The van der Waals surface area contributed by atoms with E-state index in [2.05, 4.69) is 10.1 Å². The molecule has 6 nitrogen and oxygen atoms in total. The molecule has 0 fully saturated rings. The molecule has 0 heterocycles. The van der Waals surface area contributed by atoms with Gasteiger partial charge in [-0.3, -0.25) is 4.79 Å². The molecule has 23 heavy (non-hydrogen) atoms. The van der Waals surface area contributed by atoms with Crippen molar-refractivity contribution in [2.24, 2.45) is 0 Å². The number of para-hydroxylation sites is 2. The van der Waals surface area contributed by atoms with Crippen LogP contribution in [0.3, 0.4) is 0 Å². The maximum atomic E-state index is 11.9. The van der Waals surface area contributed by atoms with Crippen molar-refractivity contribution in [2.45, 2.75) is 0 Å². The Labute approximate surface area is 134 Å². The summed E-state index contributed by atoms with van der Waals surface area (Å²) in [6.07, 6.45) is 0. The minimum Gasteiger partial charge on any atom is -0.495 e. The van der Waals surface area contributed by atoms with Crippen LogP contribution in [0.2, 0.25) is 0 Å². The Kier molecular flexibility index (Phi) is 5.57. The quantitative estimate of drug-likeness (QED) is 0.829. The molecule has 1 amide bonds. The molecule has 0 aliphatic heterocycles. The van der Waals surface area contributed by atoms with Gasteiger partial charge in [-0.25, -0.2) is 4.79 Å². The van der Waals surface area contributed by atoms with E-state index in [1.165, 1.54) is 20.3 Å². The van der Waals surface area contributed by atoms with Crippen LogP contribution in [-0.2, 0) is 9.53 Å². The van der Waals surface area contributed by atoms with E-state index in [4.69, 9.17) is 9.47 Å². The molecule has 2 aromatic rings. The summed E-state index contributed by atoms with van der Waals surface area (Å²) in [7, 11) is 2.83. The van der Waals surface area contributed by atoms with Crippen LogP contribution < -0.4 is 14.8 Å². The van der Waals surface area contributed by atoms with Crippen LogP contribution in [0.4, 0.5) is 5.69 Å². The summed E-state index contributed by atoms with van der Waals surface area (Å²) in [5, 5.41) is 2.70. The normalized spacial score (nSPS) is 9.83. The van der Waals surface area contributed by atoms with Gasteiger partial charge in [0.1, 0.15) is 11.5 Å². The largest absolute Gasteiger partial charge is 0.495 e. The minimum absolute atomic E-state index is 0.192. The highest BCUT2D eigenvalue weighted by Crippen LogP contribution is 2.23. The van der Waals surface area contributed by atoms with Gasteiger partial charge in [0.15, 0.2) is 6.61 Å². The van der Waals surface area contributed by atoms with E-state index in [9.17, 15) is 9.59 Å². The molecule has 0 aliphatic carbocycles. The molecule has 2 rings (SSSR count). The highest BCUT2D eigenvalue weighted by atomic mass is 16.5. The summed E-state index contributed by atoms with van der Waals surface area (Å²) in [6.45, 7) is -0.192. The molecule has 6 heteroatoms. The Morgan fingerprint density at radius 3 is 2.57 bits per heavy atom. The van der Waals surface area contributed by atoms with Crippen molar-refractivity contribution in [3.8, 4) is 11.5 Å². The van der Waals surface area contributed by atoms with Gasteiger partial charge in [-0.15, -0.1) is 0 Å². The first kappa shape index (κ1) is 16.4. The number of carbonyl (C=O) groups excluding carboxylic acids is 2. The van der Waals surface area contributed by atoms with Crippen molar-refractivity contribution >= 4 is 17.6 Å². The van der Waals surface area contributed by atoms with E-state index in [1.54, 1.807) is 36.4 Å².